The number of ether oxygens (including phenoxy) is 1. The second-order valence-corrected chi connectivity index (χ2v) is 6.48. The molecule has 2 aromatic carbocycles. The van der Waals surface area contributed by atoms with E-state index in [1.54, 1.807) is 0 Å². The van der Waals surface area contributed by atoms with Crippen molar-refractivity contribution < 1.29 is 14.6 Å². The number of aryl methyl sites for hydroxylation is 1. The molecule has 1 aromatic heterocycles. The Hall–Kier alpha value is -3.12. The third-order valence-corrected chi connectivity index (χ3v) is 4.76. The van der Waals surface area contributed by atoms with Gasteiger partial charge in [-0.25, -0.2) is 9.78 Å². The summed E-state index contributed by atoms with van der Waals surface area (Å²) in [6.45, 7) is 4.95. The number of hydrogen-bond acceptors (Lipinski definition) is 4. The monoisotopic (exact) mass is 363 g/mol. The Morgan fingerprint density at radius 1 is 1.04 bits per heavy atom. The van der Waals surface area contributed by atoms with Crippen LogP contribution < -0.4 is 4.90 Å². The third-order valence-electron chi connectivity index (χ3n) is 4.76. The number of hydrogen-bond donors (Lipinski definition) is 1. The number of benzene rings is 2. The number of anilines is 1. The third kappa shape index (κ3) is 3.31. The van der Waals surface area contributed by atoms with Crippen molar-refractivity contribution in [1.82, 2.24) is 9.55 Å². The number of imidazole rings is 1. The van der Waals surface area contributed by atoms with Crippen LogP contribution in [0.25, 0.3) is 16.9 Å². The number of morpholine rings is 1. The van der Waals surface area contributed by atoms with E-state index in [-0.39, 0.29) is 5.69 Å². The molecule has 0 spiro atoms. The molecule has 0 unspecified atom stereocenters. The Kier molecular flexibility index (Phi) is 4.64. The average Bonchev–Trinajstić information content (AvgIpc) is 3.07. The van der Waals surface area contributed by atoms with E-state index in [1.165, 1.54) is 0 Å². The summed E-state index contributed by atoms with van der Waals surface area (Å²) in [5, 5.41) is 9.67. The lowest BCUT2D eigenvalue weighted by molar-refractivity contribution is 0.0692. The maximum atomic E-state index is 11.8. The van der Waals surface area contributed by atoms with E-state index in [2.05, 4.69) is 22.0 Å². The van der Waals surface area contributed by atoms with Crippen LogP contribution in [-0.4, -0.2) is 46.9 Å². The quantitative estimate of drug-likeness (QED) is 0.770. The summed E-state index contributed by atoms with van der Waals surface area (Å²) >= 11 is 0. The molecule has 27 heavy (non-hydrogen) atoms. The smallest absolute Gasteiger partial charge is 0.356 e. The minimum absolute atomic E-state index is 0.0653. The molecule has 1 aliphatic heterocycles. The Balaban J connectivity index is 1.86. The number of carboxylic acids is 1. The zero-order valence-corrected chi connectivity index (χ0v) is 15.1. The Morgan fingerprint density at radius 3 is 2.44 bits per heavy atom. The second kappa shape index (κ2) is 7.25. The summed E-state index contributed by atoms with van der Waals surface area (Å²) in [7, 11) is 0. The largest absolute Gasteiger partial charge is 0.476 e. The molecule has 1 saturated heterocycles. The Morgan fingerprint density at radius 2 is 1.74 bits per heavy atom. The lowest BCUT2D eigenvalue weighted by Gasteiger charge is -2.29. The van der Waals surface area contributed by atoms with Gasteiger partial charge in [-0.1, -0.05) is 36.4 Å². The van der Waals surface area contributed by atoms with Crippen LogP contribution in [0.15, 0.2) is 54.6 Å². The van der Waals surface area contributed by atoms with E-state index in [4.69, 9.17) is 4.74 Å². The Labute approximate surface area is 157 Å². The zero-order valence-electron chi connectivity index (χ0n) is 15.1. The Bertz CT molecular complexity index is 960. The van der Waals surface area contributed by atoms with Gasteiger partial charge in [0.05, 0.1) is 18.9 Å². The zero-order chi connectivity index (χ0) is 18.8. The summed E-state index contributed by atoms with van der Waals surface area (Å²) in [5.41, 5.74) is 3.48. The average molecular weight is 363 g/mol. The van der Waals surface area contributed by atoms with E-state index in [9.17, 15) is 9.90 Å². The normalized spacial score (nSPS) is 14.3. The number of aromatic carboxylic acids is 1. The van der Waals surface area contributed by atoms with Crippen molar-refractivity contribution in [3.63, 3.8) is 0 Å². The van der Waals surface area contributed by atoms with Crippen LogP contribution in [0.1, 0.15) is 16.3 Å². The molecular weight excluding hydrogens is 342 g/mol. The van der Waals surface area contributed by atoms with Crippen molar-refractivity contribution in [2.45, 2.75) is 6.92 Å². The van der Waals surface area contributed by atoms with Crippen molar-refractivity contribution >= 4 is 11.7 Å². The van der Waals surface area contributed by atoms with Gasteiger partial charge >= 0.3 is 5.97 Å². The fourth-order valence-electron chi connectivity index (χ4n) is 3.51. The van der Waals surface area contributed by atoms with E-state index < -0.39 is 5.97 Å². The van der Waals surface area contributed by atoms with Crippen LogP contribution in [0.2, 0.25) is 0 Å². The number of nitrogens with zero attached hydrogens (tertiary/aromatic N) is 3. The molecule has 3 aromatic rings. The van der Waals surface area contributed by atoms with Gasteiger partial charge < -0.3 is 14.7 Å². The molecular formula is C21H21N3O3. The summed E-state index contributed by atoms with van der Waals surface area (Å²) in [5.74, 6) is -0.384. The highest BCUT2D eigenvalue weighted by molar-refractivity contribution is 5.93. The molecule has 6 nitrogen and oxygen atoms in total. The van der Waals surface area contributed by atoms with Crippen LogP contribution in [-0.2, 0) is 4.74 Å². The van der Waals surface area contributed by atoms with Crippen molar-refractivity contribution in [3.8, 4) is 16.9 Å². The predicted octanol–water partition coefficient (Wildman–Crippen LogP) is 3.38. The molecule has 1 aliphatic rings. The highest BCUT2D eigenvalue weighted by atomic mass is 16.5. The van der Waals surface area contributed by atoms with Crippen molar-refractivity contribution in [3.05, 3.63) is 66.1 Å². The molecule has 0 atom stereocenters. The maximum Gasteiger partial charge on any atom is 0.356 e. The molecule has 0 radical (unpaired) electrons. The SMILES string of the molecule is Cc1nc(C(=O)O)c(-c2ccccc2)n1-c1cccc(N2CCOCC2)c1. The predicted molar refractivity (Wildman–Crippen MR) is 104 cm³/mol. The van der Waals surface area contributed by atoms with Crippen LogP contribution in [0.3, 0.4) is 0 Å². The van der Waals surface area contributed by atoms with Gasteiger partial charge in [-0.3, -0.25) is 4.57 Å². The lowest BCUT2D eigenvalue weighted by Crippen LogP contribution is -2.36. The molecule has 138 valence electrons. The van der Waals surface area contributed by atoms with Crippen molar-refractivity contribution in [2.24, 2.45) is 0 Å². The molecule has 0 bridgehead atoms. The molecule has 6 heteroatoms. The molecule has 2 heterocycles. The highest BCUT2D eigenvalue weighted by Gasteiger charge is 2.23. The van der Waals surface area contributed by atoms with Gasteiger partial charge in [0.1, 0.15) is 5.82 Å². The number of carbonyl (C=O) groups is 1. The van der Waals surface area contributed by atoms with Crippen LogP contribution in [0.5, 0.6) is 0 Å². The second-order valence-electron chi connectivity index (χ2n) is 6.48. The highest BCUT2D eigenvalue weighted by Crippen LogP contribution is 2.30. The maximum absolute atomic E-state index is 11.8. The minimum Gasteiger partial charge on any atom is -0.476 e. The summed E-state index contributed by atoms with van der Waals surface area (Å²) < 4.78 is 7.36. The molecule has 0 aliphatic carbocycles. The van der Waals surface area contributed by atoms with Gasteiger partial charge in [0.15, 0.2) is 5.69 Å². The summed E-state index contributed by atoms with van der Waals surface area (Å²) in [6, 6.07) is 17.7. The van der Waals surface area contributed by atoms with Gasteiger partial charge in [0, 0.05) is 30.0 Å². The van der Waals surface area contributed by atoms with Crippen LogP contribution in [0.4, 0.5) is 5.69 Å². The van der Waals surface area contributed by atoms with E-state index in [0.717, 1.165) is 30.0 Å². The first kappa shape index (κ1) is 17.3. The minimum atomic E-state index is -1.03. The number of rotatable bonds is 4. The lowest BCUT2D eigenvalue weighted by atomic mass is 10.1. The number of carboxylic acid groups (broad SMARTS) is 1. The van der Waals surface area contributed by atoms with E-state index >= 15 is 0 Å². The standard InChI is InChI=1S/C21H21N3O3/c1-15-22-19(21(25)26)20(16-6-3-2-4-7-16)24(15)18-9-5-8-17(14-18)23-10-12-27-13-11-23/h2-9,14H,10-13H2,1H3,(H,25,26). The fraction of sp³-hybridized carbons (Fsp3) is 0.238. The van der Waals surface area contributed by atoms with Gasteiger partial charge in [-0.05, 0) is 25.1 Å². The van der Waals surface area contributed by atoms with E-state index in [0.29, 0.717) is 24.7 Å². The van der Waals surface area contributed by atoms with Crippen LogP contribution in [0, 0.1) is 6.92 Å². The molecule has 4 rings (SSSR count). The van der Waals surface area contributed by atoms with E-state index in [1.807, 2.05) is 54.0 Å². The van der Waals surface area contributed by atoms with Gasteiger partial charge in [0.25, 0.3) is 0 Å². The summed E-state index contributed by atoms with van der Waals surface area (Å²) in [6.07, 6.45) is 0. The molecule has 1 fully saturated rings. The first-order valence-electron chi connectivity index (χ1n) is 8.96. The number of aromatic nitrogens is 2. The molecule has 0 amide bonds. The van der Waals surface area contributed by atoms with Crippen molar-refractivity contribution in [1.29, 1.82) is 0 Å². The van der Waals surface area contributed by atoms with Crippen LogP contribution >= 0.6 is 0 Å². The van der Waals surface area contributed by atoms with Crippen molar-refractivity contribution in [2.75, 3.05) is 31.2 Å². The first-order valence-corrected chi connectivity index (χ1v) is 8.96. The molecule has 1 N–H and O–H groups in total. The van der Waals surface area contributed by atoms with Gasteiger partial charge in [-0.2, -0.15) is 0 Å². The van der Waals surface area contributed by atoms with Gasteiger partial charge in [0.2, 0.25) is 0 Å². The fourth-order valence-corrected chi connectivity index (χ4v) is 3.51. The first-order chi connectivity index (χ1) is 13.1. The molecule has 0 saturated carbocycles. The summed E-state index contributed by atoms with van der Waals surface area (Å²) in [4.78, 5) is 18.4. The topological polar surface area (TPSA) is 67.6 Å². The van der Waals surface area contributed by atoms with Gasteiger partial charge in [-0.15, -0.1) is 0 Å².